The van der Waals surface area contributed by atoms with Gasteiger partial charge in [-0.15, -0.1) is 11.3 Å². The van der Waals surface area contributed by atoms with E-state index in [1.54, 1.807) is 11.4 Å². The molecule has 0 saturated carbocycles. The molecule has 0 aliphatic carbocycles. The zero-order valence-electron chi connectivity index (χ0n) is 5.93. The molecule has 0 bridgehead atoms. The second-order valence-corrected chi connectivity index (χ2v) is 2.89. The summed E-state index contributed by atoms with van der Waals surface area (Å²) < 4.78 is 0. The molecule has 0 fully saturated rings. The number of hydrogen-bond acceptors (Lipinski definition) is 4. The van der Waals surface area contributed by atoms with Gasteiger partial charge in [-0.05, 0) is 6.07 Å². The smallest absolute Gasteiger partial charge is 0.235 e. The molecule has 0 spiro atoms. The van der Waals surface area contributed by atoms with E-state index < -0.39 is 4.92 Å². The van der Waals surface area contributed by atoms with Gasteiger partial charge in [0.15, 0.2) is 0 Å². The fourth-order valence-corrected chi connectivity index (χ4v) is 1.35. The van der Waals surface area contributed by atoms with Crippen LogP contribution < -0.4 is 0 Å². The molecule has 4 nitrogen and oxygen atoms in total. The van der Waals surface area contributed by atoms with Crippen LogP contribution in [0.1, 0.15) is 10.4 Å². The maximum absolute atomic E-state index is 9.91. The standard InChI is InChI=1S/C7H4N2O2S/c8-4-6-3-7(12-5-6)1-2-9(10)11/h1-3,5H/b2-1+. The van der Waals surface area contributed by atoms with Gasteiger partial charge in [-0.25, -0.2) is 0 Å². The number of thiophene rings is 1. The van der Waals surface area contributed by atoms with Gasteiger partial charge >= 0.3 is 0 Å². The van der Waals surface area contributed by atoms with Crippen molar-refractivity contribution in [2.45, 2.75) is 0 Å². The zero-order chi connectivity index (χ0) is 8.97. The van der Waals surface area contributed by atoms with Crippen molar-refractivity contribution in [1.82, 2.24) is 0 Å². The highest BCUT2D eigenvalue weighted by molar-refractivity contribution is 7.11. The molecular weight excluding hydrogens is 176 g/mol. The van der Waals surface area contributed by atoms with Crippen LogP contribution in [-0.2, 0) is 0 Å². The first-order valence-electron chi connectivity index (χ1n) is 3.02. The first-order chi connectivity index (χ1) is 5.72. The Morgan fingerprint density at radius 2 is 2.50 bits per heavy atom. The van der Waals surface area contributed by atoms with Crippen molar-refractivity contribution in [3.8, 4) is 6.07 Å². The molecule has 1 aromatic rings. The summed E-state index contributed by atoms with van der Waals surface area (Å²) in [4.78, 5) is 10.1. The number of rotatable bonds is 2. The van der Waals surface area contributed by atoms with E-state index in [4.69, 9.17) is 5.26 Å². The van der Waals surface area contributed by atoms with Crippen LogP contribution in [0.4, 0.5) is 0 Å². The van der Waals surface area contributed by atoms with E-state index in [1.165, 1.54) is 17.4 Å². The molecule has 0 aliphatic rings. The third kappa shape index (κ3) is 2.18. The molecule has 0 amide bonds. The molecular formula is C7H4N2O2S. The average molecular weight is 180 g/mol. The minimum Gasteiger partial charge on any atom is -0.259 e. The highest BCUT2D eigenvalue weighted by Crippen LogP contribution is 2.14. The maximum Gasteiger partial charge on any atom is 0.235 e. The molecule has 0 aliphatic heterocycles. The van der Waals surface area contributed by atoms with E-state index in [9.17, 15) is 10.1 Å². The molecule has 1 aromatic heterocycles. The van der Waals surface area contributed by atoms with E-state index in [-0.39, 0.29) is 0 Å². The van der Waals surface area contributed by atoms with E-state index >= 15 is 0 Å². The number of nitrogens with zero attached hydrogens (tertiary/aromatic N) is 2. The van der Waals surface area contributed by atoms with Crippen molar-refractivity contribution in [3.05, 3.63) is 38.2 Å². The largest absolute Gasteiger partial charge is 0.259 e. The van der Waals surface area contributed by atoms with Crippen molar-refractivity contribution >= 4 is 17.4 Å². The summed E-state index contributed by atoms with van der Waals surface area (Å²) in [5.41, 5.74) is 0.531. The van der Waals surface area contributed by atoms with Crippen LogP contribution in [-0.4, -0.2) is 4.92 Å². The van der Waals surface area contributed by atoms with Gasteiger partial charge in [-0.3, -0.25) is 10.1 Å². The van der Waals surface area contributed by atoms with Gasteiger partial charge in [0.2, 0.25) is 6.20 Å². The highest BCUT2D eigenvalue weighted by atomic mass is 32.1. The molecule has 0 atom stereocenters. The second kappa shape index (κ2) is 3.64. The minimum atomic E-state index is -0.536. The molecule has 1 rings (SSSR count). The Kier molecular flexibility index (Phi) is 2.56. The highest BCUT2D eigenvalue weighted by Gasteiger charge is 1.95. The van der Waals surface area contributed by atoms with Crippen LogP contribution in [0.15, 0.2) is 17.6 Å². The predicted octanol–water partition coefficient (Wildman–Crippen LogP) is 1.87. The van der Waals surface area contributed by atoms with E-state index in [2.05, 4.69) is 0 Å². The normalized spacial score (nSPS) is 9.92. The van der Waals surface area contributed by atoms with Crippen LogP contribution in [0.2, 0.25) is 0 Å². The summed E-state index contributed by atoms with van der Waals surface area (Å²) in [5.74, 6) is 0. The topological polar surface area (TPSA) is 66.9 Å². The van der Waals surface area contributed by atoms with Crippen LogP contribution in [0.3, 0.4) is 0 Å². The Bertz CT molecular complexity index is 362. The quantitative estimate of drug-likeness (QED) is 0.515. The lowest BCUT2D eigenvalue weighted by molar-refractivity contribution is -0.400. The Morgan fingerprint density at radius 3 is 3.00 bits per heavy atom. The van der Waals surface area contributed by atoms with Crippen LogP contribution in [0.5, 0.6) is 0 Å². The van der Waals surface area contributed by atoms with Gasteiger partial charge < -0.3 is 0 Å². The summed E-state index contributed by atoms with van der Waals surface area (Å²) in [6, 6.07) is 3.54. The lowest BCUT2D eigenvalue weighted by Crippen LogP contribution is -1.80. The van der Waals surface area contributed by atoms with Crippen molar-refractivity contribution in [2.75, 3.05) is 0 Å². The molecule has 5 heteroatoms. The molecule has 60 valence electrons. The molecule has 0 radical (unpaired) electrons. The Balaban J connectivity index is 2.78. The summed E-state index contributed by atoms with van der Waals surface area (Å²) in [7, 11) is 0. The Labute approximate surface area is 72.5 Å². The van der Waals surface area contributed by atoms with Crippen molar-refractivity contribution in [2.24, 2.45) is 0 Å². The van der Waals surface area contributed by atoms with Crippen LogP contribution >= 0.6 is 11.3 Å². The van der Waals surface area contributed by atoms with Gasteiger partial charge in [0.25, 0.3) is 0 Å². The first kappa shape index (κ1) is 8.43. The molecule has 12 heavy (non-hydrogen) atoms. The lowest BCUT2D eigenvalue weighted by Gasteiger charge is -1.77. The number of nitriles is 1. The molecule has 1 heterocycles. The Morgan fingerprint density at radius 1 is 1.75 bits per heavy atom. The van der Waals surface area contributed by atoms with Crippen LogP contribution in [0.25, 0.3) is 6.08 Å². The third-order valence-corrected chi connectivity index (χ3v) is 2.01. The van der Waals surface area contributed by atoms with Crippen molar-refractivity contribution in [3.63, 3.8) is 0 Å². The number of hydrogen-bond donors (Lipinski definition) is 0. The molecule has 0 N–H and O–H groups in total. The van der Waals surface area contributed by atoms with Gasteiger partial charge in [-0.1, -0.05) is 0 Å². The maximum atomic E-state index is 9.91. The molecule has 0 saturated heterocycles. The Hall–Kier alpha value is -1.67. The van der Waals surface area contributed by atoms with E-state index in [0.29, 0.717) is 10.4 Å². The molecule has 0 unspecified atom stereocenters. The average Bonchev–Trinajstić information content (AvgIpc) is 2.48. The summed E-state index contributed by atoms with van der Waals surface area (Å²) >= 11 is 1.30. The summed E-state index contributed by atoms with van der Waals surface area (Å²) in [6.07, 6.45) is 2.22. The summed E-state index contributed by atoms with van der Waals surface area (Å²) in [5, 5.41) is 20.0. The zero-order valence-corrected chi connectivity index (χ0v) is 6.75. The van der Waals surface area contributed by atoms with Gasteiger partial charge in [0.05, 0.1) is 10.5 Å². The monoisotopic (exact) mass is 180 g/mol. The summed E-state index contributed by atoms with van der Waals surface area (Å²) in [6.45, 7) is 0. The number of nitro groups is 1. The first-order valence-corrected chi connectivity index (χ1v) is 3.90. The van der Waals surface area contributed by atoms with E-state index in [1.807, 2.05) is 6.07 Å². The SMILES string of the molecule is N#Cc1csc(/C=C/[N+](=O)[O-])c1. The van der Waals surface area contributed by atoms with Gasteiger partial charge in [0, 0.05) is 16.3 Å². The van der Waals surface area contributed by atoms with E-state index in [0.717, 1.165) is 6.20 Å². The predicted molar refractivity (Wildman–Crippen MR) is 45.1 cm³/mol. The van der Waals surface area contributed by atoms with Crippen molar-refractivity contribution < 1.29 is 4.92 Å². The lowest BCUT2D eigenvalue weighted by atomic mass is 10.3. The van der Waals surface area contributed by atoms with Crippen molar-refractivity contribution in [1.29, 1.82) is 5.26 Å². The minimum absolute atomic E-state index is 0.531. The second-order valence-electron chi connectivity index (χ2n) is 1.95. The van der Waals surface area contributed by atoms with Gasteiger partial charge in [0.1, 0.15) is 6.07 Å². The fraction of sp³-hybridized carbons (Fsp3) is 0. The molecule has 0 aromatic carbocycles. The van der Waals surface area contributed by atoms with Gasteiger partial charge in [-0.2, -0.15) is 5.26 Å². The third-order valence-electron chi connectivity index (χ3n) is 1.11. The fourth-order valence-electron chi connectivity index (χ4n) is 0.633. The van der Waals surface area contributed by atoms with Crippen LogP contribution in [0, 0.1) is 21.4 Å².